The van der Waals surface area contributed by atoms with Crippen molar-refractivity contribution in [3.63, 3.8) is 0 Å². The van der Waals surface area contributed by atoms with Crippen molar-refractivity contribution in [3.8, 4) is 0 Å². The summed E-state index contributed by atoms with van der Waals surface area (Å²) in [4.78, 5) is 13.2. The fourth-order valence-corrected chi connectivity index (χ4v) is 4.52. The summed E-state index contributed by atoms with van der Waals surface area (Å²) in [6.07, 6.45) is 3.16. The van der Waals surface area contributed by atoms with Crippen LogP contribution in [-0.4, -0.2) is 5.78 Å². The van der Waals surface area contributed by atoms with Crippen LogP contribution in [0.1, 0.15) is 44.1 Å². The van der Waals surface area contributed by atoms with E-state index in [0.717, 1.165) is 45.4 Å². The normalized spacial score (nSPS) is 21.3. The lowest BCUT2D eigenvalue weighted by Crippen LogP contribution is -2.32. The molecule has 2 aliphatic rings. The molecule has 5 rings (SSSR count). The topological polar surface area (TPSA) is 42.2 Å². The minimum atomic E-state index is -0.0859. The maximum Gasteiger partial charge on any atom is 0.164 e. The Hall–Kier alpha value is -2.81. The fraction of sp³-hybridized carbons (Fsp3) is 0.261. The van der Waals surface area contributed by atoms with Gasteiger partial charge in [0.2, 0.25) is 0 Å². The van der Waals surface area contributed by atoms with E-state index in [0.29, 0.717) is 6.42 Å². The summed E-state index contributed by atoms with van der Waals surface area (Å²) >= 11 is 0. The highest BCUT2D eigenvalue weighted by Crippen LogP contribution is 2.51. The fourth-order valence-electron chi connectivity index (χ4n) is 4.52. The lowest BCUT2D eigenvalue weighted by atomic mass is 9.68. The quantitative estimate of drug-likeness (QED) is 0.612. The Labute approximate surface area is 152 Å². The van der Waals surface area contributed by atoms with Gasteiger partial charge in [-0.3, -0.25) is 4.79 Å². The molecular formula is C23H21NO2. The Morgan fingerprint density at radius 1 is 1.04 bits per heavy atom. The molecule has 130 valence electrons. The zero-order valence-electron chi connectivity index (χ0n) is 15.0. The molecule has 1 aliphatic carbocycles. The first-order valence-corrected chi connectivity index (χ1v) is 9.12. The first kappa shape index (κ1) is 15.4. The third kappa shape index (κ3) is 2.23. The smallest absolute Gasteiger partial charge is 0.164 e. The average Bonchev–Trinajstić information content (AvgIpc) is 3.14. The molecule has 2 heterocycles. The van der Waals surface area contributed by atoms with Crippen molar-refractivity contribution in [2.24, 2.45) is 5.41 Å². The largest absolute Gasteiger partial charge is 0.467 e. The number of furan rings is 1. The molecule has 3 nitrogen and oxygen atoms in total. The van der Waals surface area contributed by atoms with Gasteiger partial charge in [-0.25, -0.2) is 0 Å². The zero-order valence-corrected chi connectivity index (χ0v) is 15.0. The van der Waals surface area contributed by atoms with Crippen molar-refractivity contribution >= 4 is 27.8 Å². The maximum atomic E-state index is 13.2. The van der Waals surface area contributed by atoms with Gasteiger partial charge in [-0.05, 0) is 46.4 Å². The minimum Gasteiger partial charge on any atom is -0.467 e. The van der Waals surface area contributed by atoms with Crippen LogP contribution in [0.5, 0.6) is 0 Å². The lowest BCUT2D eigenvalue weighted by molar-refractivity contribution is -0.116. The van der Waals surface area contributed by atoms with E-state index in [1.54, 1.807) is 6.26 Å². The maximum absolute atomic E-state index is 13.2. The Bertz CT molecular complexity index is 1060. The van der Waals surface area contributed by atoms with Gasteiger partial charge in [0, 0.05) is 23.2 Å². The van der Waals surface area contributed by atoms with E-state index in [9.17, 15) is 4.79 Å². The van der Waals surface area contributed by atoms with Crippen molar-refractivity contribution < 1.29 is 9.21 Å². The van der Waals surface area contributed by atoms with Gasteiger partial charge in [-0.2, -0.15) is 0 Å². The highest BCUT2D eigenvalue weighted by Gasteiger charge is 2.41. The molecule has 3 aromatic rings. The number of Topliss-reactive ketones (excluding diaryl/α,β-unsaturated/α-hetero) is 1. The van der Waals surface area contributed by atoms with Gasteiger partial charge in [0.15, 0.2) is 5.78 Å². The second-order valence-electron chi connectivity index (χ2n) is 8.14. The summed E-state index contributed by atoms with van der Waals surface area (Å²) in [5.74, 6) is 1.11. The molecule has 1 aliphatic heterocycles. The van der Waals surface area contributed by atoms with Crippen LogP contribution in [0.25, 0.3) is 16.3 Å². The van der Waals surface area contributed by atoms with Gasteiger partial charge in [-0.15, -0.1) is 0 Å². The second kappa shape index (κ2) is 5.34. The molecule has 0 saturated carbocycles. The number of rotatable bonds is 1. The third-order valence-electron chi connectivity index (χ3n) is 5.56. The standard InChI is InChI=1S/C23H21NO2/c1-23(2)12-16-21(18(25)13-23)20-15-7-4-3-6-14(15)9-10-17(20)24-22(16)19-8-5-11-26-19/h3-11,22,24H,12-13H2,1-2H3/t22-/m1/s1. The van der Waals surface area contributed by atoms with Crippen LogP contribution in [0.15, 0.2) is 64.8 Å². The van der Waals surface area contributed by atoms with Crippen LogP contribution >= 0.6 is 0 Å². The van der Waals surface area contributed by atoms with Crippen LogP contribution in [0.3, 0.4) is 0 Å². The molecule has 0 bridgehead atoms. The van der Waals surface area contributed by atoms with Crippen molar-refractivity contribution in [3.05, 3.63) is 71.7 Å². The summed E-state index contributed by atoms with van der Waals surface area (Å²) in [5, 5.41) is 5.94. The summed E-state index contributed by atoms with van der Waals surface area (Å²) in [6, 6.07) is 16.3. The Morgan fingerprint density at radius 3 is 2.69 bits per heavy atom. The molecule has 1 aromatic heterocycles. The molecule has 0 amide bonds. The predicted octanol–water partition coefficient (Wildman–Crippen LogP) is 5.74. The number of ketones is 1. The third-order valence-corrected chi connectivity index (χ3v) is 5.56. The van der Waals surface area contributed by atoms with E-state index in [1.165, 1.54) is 0 Å². The van der Waals surface area contributed by atoms with Crippen molar-refractivity contribution in [2.75, 3.05) is 5.32 Å². The Morgan fingerprint density at radius 2 is 1.88 bits per heavy atom. The summed E-state index contributed by atoms with van der Waals surface area (Å²) < 4.78 is 5.72. The van der Waals surface area contributed by atoms with Gasteiger partial charge in [0.25, 0.3) is 0 Å². The molecule has 0 fully saturated rings. The monoisotopic (exact) mass is 343 g/mol. The van der Waals surface area contributed by atoms with Gasteiger partial charge in [0.05, 0.1) is 6.26 Å². The Balaban J connectivity index is 1.83. The molecule has 1 N–H and O–H groups in total. The summed E-state index contributed by atoms with van der Waals surface area (Å²) in [6.45, 7) is 4.35. The van der Waals surface area contributed by atoms with E-state index >= 15 is 0 Å². The summed E-state index contributed by atoms with van der Waals surface area (Å²) in [7, 11) is 0. The number of anilines is 1. The number of benzene rings is 2. The van der Waals surface area contributed by atoms with Gasteiger partial charge >= 0.3 is 0 Å². The average molecular weight is 343 g/mol. The molecule has 2 aromatic carbocycles. The molecule has 0 unspecified atom stereocenters. The first-order valence-electron chi connectivity index (χ1n) is 9.12. The van der Waals surface area contributed by atoms with Crippen molar-refractivity contribution in [1.82, 2.24) is 0 Å². The SMILES string of the molecule is CC1(C)CC(=O)C2=C(C1)[C@H](c1ccco1)Nc1ccc3ccccc3c12. The molecule has 1 atom stereocenters. The van der Waals surface area contributed by atoms with Crippen LogP contribution in [0.4, 0.5) is 5.69 Å². The van der Waals surface area contributed by atoms with Crippen LogP contribution in [-0.2, 0) is 4.79 Å². The van der Waals surface area contributed by atoms with Crippen LogP contribution in [0, 0.1) is 5.41 Å². The van der Waals surface area contributed by atoms with Crippen LogP contribution < -0.4 is 5.32 Å². The van der Waals surface area contributed by atoms with Crippen LogP contribution in [0.2, 0.25) is 0 Å². The number of nitrogens with one attached hydrogen (secondary N) is 1. The lowest BCUT2D eigenvalue weighted by Gasteiger charge is -2.39. The van der Waals surface area contributed by atoms with E-state index in [4.69, 9.17) is 4.42 Å². The minimum absolute atomic E-state index is 0.0372. The summed E-state index contributed by atoms with van der Waals surface area (Å²) in [5.41, 5.74) is 4.09. The number of hydrogen-bond donors (Lipinski definition) is 1. The molecule has 3 heteroatoms. The van der Waals surface area contributed by atoms with Gasteiger partial charge < -0.3 is 9.73 Å². The molecular weight excluding hydrogens is 322 g/mol. The molecule has 26 heavy (non-hydrogen) atoms. The van der Waals surface area contributed by atoms with Crippen molar-refractivity contribution in [1.29, 1.82) is 0 Å². The number of carbonyl (C=O) groups excluding carboxylic acids is 1. The first-order chi connectivity index (χ1) is 12.5. The van der Waals surface area contributed by atoms with E-state index in [2.05, 4.69) is 43.4 Å². The number of carbonyl (C=O) groups is 1. The second-order valence-corrected chi connectivity index (χ2v) is 8.14. The van der Waals surface area contributed by atoms with E-state index in [-0.39, 0.29) is 17.2 Å². The van der Waals surface area contributed by atoms with Crippen molar-refractivity contribution in [2.45, 2.75) is 32.7 Å². The van der Waals surface area contributed by atoms with Gasteiger partial charge in [-0.1, -0.05) is 44.2 Å². The molecule has 0 spiro atoms. The Kier molecular flexibility index (Phi) is 3.17. The van der Waals surface area contributed by atoms with E-state index < -0.39 is 0 Å². The highest BCUT2D eigenvalue weighted by atomic mass is 16.3. The predicted molar refractivity (Wildman–Crippen MR) is 104 cm³/mol. The number of hydrogen-bond acceptors (Lipinski definition) is 3. The van der Waals surface area contributed by atoms with Gasteiger partial charge in [0.1, 0.15) is 11.8 Å². The number of fused-ring (bicyclic) bond motifs is 4. The molecule has 0 saturated heterocycles. The van der Waals surface area contributed by atoms with E-state index in [1.807, 2.05) is 24.3 Å². The zero-order chi connectivity index (χ0) is 17.9. The number of allylic oxidation sites excluding steroid dienone is 1. The molecule has 0 radical (unpaired) electrons. The highest BCUT2D eigenvalue weighted by molar-refractivity contribution is 6.28.